The molecule has 0 aliphatic carbocycles. The fraction of sp³-hybridized carbons (Fsp3) is 0.571. The third-order valence-corrected chi connectivity index (χ3v) is 5.77. The van der Waals surface area contributed by atoms with Crippen LogP contribution in [0.1, 0.15) is 44.4 Å². The Morgan fingerprint density at radius 2 is 1.60 bits per heavy atom. The standard InChI is InChI=1S/C14H20S/c1-9-7-8-11-12(10(9)2)13(3,4)14(5,6)15-11/h7-8H,1-6H3. The molecule has 0 aromatic heterocycles. The molecule has 1 heteroatoms. The van der Waals surface area contributed by atoms with E-state index >= 15 is 0 Å². The highest BCUT2D eigenvalue weighted by Crippen LogP contribution is 2.57. The Kier molecular flexibility index (Phi) is 2.24. The van der Waals surface area contributed by atoms with E-state index in [0.29, 0.717) is 4.75 Å². The van der Waals surface area contributed by atoms with Crippen molar-refractivity contribution in [3.05, 3.63) is 28.8 Å². The van der Waals surface area contributed by atoms with Gasteiger partial charge in [0.25, 0.3) is 0 Å². The molecule has 0 saturated heterocycles. The molecule has 0 radical (unpaired) electrons. The van der Waals surface area contributed by atoms with Crippen molar-refractivity contribution < 1.29 is 0 Å². The van der Waals surface area contributed by atoms with E-state index in [1.807, 2.05) is 11.8 Å². The van der Waals surface area contributed by atoms with Crippen LogP contribution in [-0.2, 0) is 5.41 Å². The zero-order valence-electron chi connectivity index (χ0n) is 10.6. The van der Waals surface area contributed by atoms with Crippen LogP contribution in [0.5, 0.6) is 0 Å². The molecular formula is C14H20S. The van der Waals surface area contributed by atoms with Gasteiger partial charge in [-0.05, 0) is 50.5 Å². The smallest absolute Gasteiger partial charge is 0.0242 e. The first-order chi connectivity index (χ1) is 6.77. The maximum Gasteiger partial charge on any atom is 0.0242 e. The highest BCUT2D eigenvalue weighted by Gasteiger charge is 2.47. The lowest BCUT2D eigenvalue weighted by Gasteiger charge is -2.35. The van der Waals surface area contributed by atoms with Gasteiger partial charge in [0.1, 0.15) is 0 Å². The summed E-state index contributed by atoms with van der Waals surface area (Å²) in [5.41, 5.74) is 4.73. The van der Waals surface area contributed by atoms with Gasteiger partial charge < -0.3 is 0 Å². The lowest BCUT2D eigenvalue weighted by molar-refractivity contribution is 0.419. The molecule has 0 amide bonds. The zero-order chi connectivity index (χ0) is 11.4. The number of aryl methyl sites for hydroxylation is 1. The summed E-state index contributed by atoms with van der Waals surface area (Å²) in [6.45, 7) is 13.9. The van der Waals surface area contributed by atoms with E-state index in [1.54, 1.807) is 5.56 Å². The SMILES string of the molecule is Cc1ccc2c(c1C)C(C)(C)C(C)(C)S2. The van der Waals surface area contributed by atoms with Crippen molar-refractivity contribution in [1.29, 1.82) is 0 Å². The van der Waals surface area contributed by atoms with E-state index in [4.69, 9.17) is 0 Å². The van der Waals surface area contributed by atoms with E-state index in [-0.39, 0.29) is 5.41 Å². The molecular weight excluding hydrogens is 200 g/mol. The molecule has 0 nitrogen and oxygen atoms in total. The number of thioether (sulfide) groups is 1. The molecule has 15 heavy (non-hydrogen) atoms. The van der Waals surface area contributed by atoms with Crippen LogP contribution in [0.4, 0.5) is 0 Å². The van der Waals surface area contributed by atoms with Crippen molar-refractivity contribution in [2.45, 2.75) is 56.6 Å². The van der Waals surface area contributed by atoms with E-state index in [0.717, 1.165) is 0 Å². The van der Waals surface area contributed by atoms with E-state index < -0.39 is 0 Å². The monoisotopic (exact) mass is 220 g/mol. The first-order valence-corrected chi connectivity index (χ1v) is 6.39. The molecule has 1 aliphatic heterocycles. The van der Waals surface area contributed by atoms with Crippen LogP contribution in [-0.4, -0.2) is 4.75 Å². The first kappa shape index (κ1) is 11.1. The number of hydrogen-bond acceptors (Lipinski definition) is 1. The van der Waals surface area contributed by atoms with Gasteiger partial charge in [-0.3, -0.25) is 0 Å². The van der Waals surface area contributed by atoms with E-state index in [2.05, 4.69) is 53.7 Å². The van der Waals surface area contributed by atoms with Crippen LogP contribution >= 0.6 is 11.8 Å². The molecule has 0 saturated carbocycles. The topological polar surface area (TPSA) is 0 Å². The third-order valence-electron chi connectivity index (χ3n) is 4.19. The van der Waals surface area contributed by atoms with Gasteiger partial charge >= 0.3 is 0 Å². The fourth-order valence-electron chi connectivity index (χ4n) is 2.36. The van der Waals surface area contributed by atoms with Crippen molar-refractivity contribution in [1.82, 2.24) is 0 Å². The molecule has 0 atom stereocenters. The van der Waals surface area contributed by atoms with E-state index in [1.165, 1.54) is 16.0 Å². The van der Waals surface area contributed by atoms with Gasteiger partial charge in [0.05, 0.1) is 0 Å². The Balaban J connectivity index is 2.72. The number of rotatable bonds is 0. The molecule has 0 unspecified atom stereocenters. The normalized spacial score (nSPS) is 21.5. The molecule has 1 heterocycles. The number of benzene rings is 1. The first-order valence-electron chi connectivity index (χ1n) is 5.57. The second-order valence-electron chi connectivity index (χ2n) is 5.62. The average molecular weight is 220 g/mol. The minimum absolute atomic E-state index is 0.267. The molecule has 0 bridgehead atoms. The van der Waals surface area contributed by atoms with Crippen LogP contribution in [0.2, 0.25) is 0 Å². The average Bonchev–Trinajstić information content (AvgIpc) is 2.27. The summed E-state index contributed by atoms with van der Waals surface area (Å²) in [5, 5.41) is 0. The highest BCUT2D eigenvalue weighted by molar-refractivity contribution is 8.01. The van der Waals surface area contributed by atoms with Crippen LogP contribution in [0.15, 0.2) is 17.0 Å². The summed E-state index contributed by atoms with van der Waals surface area (Å²) in [5.74, 6) is 0. The van der Waals surface area contributed by atoms with Crippen molar-refractivity contribution in [3.63, 3.8) is 0 Å². The molecule has 1 aromatic carbocycles. The van der Waals surface area contributed by atoms with Crippen LogP contribution < -0.4 is 0 Å². The maximum absolute atomic E-state index is 2.37. The molecule has 0 fully saturated rings. The Labute approximate surface area is 97.5 Å². The van der Waals surface area contributed by atoms with Gasteiger partial charge in [-0.2, -0.15) is 0 Å². The predicted octanol–water partition coefficient (Wildman–Crippen LogP) is 4.47. The van der Waals surface area contributed by atoms with Gasteiger partial charge in [0.2, 0.25) is 0 Å². The molecule has 0 spiro atoms. The summed E-state index contributed by atoms with van der Waals surface area (Å²) in [6.07, 6.45) is 0. The fourth-order valence-corrected chi connectivity index (χ4v) is 3.91. The summed E-state index contributed by atoms with van der Waals surface area (Å²) in [4.78, 5) is 1.48. The number of hydrogen-bond donors (Lipinski definition) is 0. The zero-order valence-corrected chi connectivity index (χ0v) is 11.4. The van der Waals surface area contributed by atoms with Crippen molar-refractivity contribution in [2.24, 2.45) is 0 Å². The van der Waals surface area contributed by atoms with Gasteiger partial charge in [0, 0.05) is 15.1 Å². The Morgan fingerprint density at radius 3 is 2.20 bits per heavy atom. The molecule has 2 rings (SSSR count). The third kappa shape index (κ3) is 1.36. The summed E-state index contributed by atoms with van der Waals surface area (Å²) < 4.78 is 0.299. The predicted molar refractivity (Wildman–Crippen MR) is 68.9 cm³/mol. The molecule has 1 aliphatic rings. The minimum Gasteiger partial charge on any atom is -0.119 e. The van der Waals surface area contributed by atoms with Gasteiger partial charge in [-0.25, -0.2) is 0 Å². The lowest BCUT2D eigenvalue weighted by atomic mass is 9.73. The molecule has 82 valence electrons. The van der Waals surface area contributed by atoms with Gasteiger partial charge in [-0.15, -0.1) is 11.8 Å². The van der Waals surface area contributed by atoms with Crippen molar-refractivity contribution in [3.8, 4) is 0 Å². The van der Waals surface area contributed by atoms with Crippen molar-refractivity contribution in [2.75, 3.05) is 0 Å². The van der Waals surface area contributed by atoms with Crippen molar-refractivity contribution >= 4 is 11.8 Å². The lowest BCUT2D eigenvalue weighted by Crippen LogP contribution is -2.36. The van der Waals surface area contributed by atoms with Crippen LogP contribution in [0, 0.1) is 13.8 Å². The second kappa shape index (κ2) is 3.04. The summed E-state index contributed by atoms with van der Waals surface area (Å²) in [7, 11) is 0. The van der Waals surface area contributed by atoms with Crippen LogP contribution in [0.3, 0.4) is 0 Å². The molecule has 1 aromatic rings. The summed E-state index contributed by atoms with van der Waals surface area (Å²) in [6, 6.07) is 4.54. The number of fused-ring (bicyclic) bond motifs is 1. The largest absolute Gasteiger partial charge is 0.119 e. The second-order valence-corrected chi connectivity index (χ2v) is 7.28. The van der Waals surface area contributed by atoms with Gasteiger partial charge in [-0.1, -0.05) is 19.9 Å². The Bertz CT molecular complexity index is 414. The summed E-state index contributed by atoms with van der Waals surface area (Å²) >= 11 is 2.02. The molecule has 0 N–H and O–H groups in total. The minimum atomic E-state index is 0.267. The quantitative estimate of drug-likeness (QED) is 0.622. The maximum atomic E-state index is 2.37. The van der Waals surface area contributed by atoms with Gasteiger partial charge in [0.15, 0.2) is 0 Å². The van der Waals surface area contributed by atoms with E-state index in [9.17, 15) is 0 Å². The van der Waals surface area contributed by atoms with Crippen LogP contribution in [0.25, 0.3) is 0 Å². The Hall–Kier alpha value is -0.430. The highest BCUT2D eigenvalue weighted by atomic mass is 32.2. The Morgan fingerprint density at radius 1 is 1.00 bits per heavy atom.